The lowest BCUT2D eigenvalue weighted by atomic mass is 10.2. The summed E-state index contributed by atoms with van der Waals surface area (Å²) in [6.45, 7) is 1.82. The summed E-state index contributed by atoms with van der Waals surface area (Å²) in [6, 6.07) is 15.4. The first-order valence-corrected chi connectivity index (χ1v) is 6.27. The third-order valence-corrected chi connectivity index (χ3v) is 2.77. The van der Waals surface area contributed by atoms with Crippen LogP contribution in [-0.2, 0) is 0 Å². The van der Waals surface area contributed by atoms with Gasteiger partial charge in [0.05, 0.1) is 11.4 Å². The Balaban J connectivity index is 2.12. The molecule has 3 heteroatoms. The van der Waals surface area contributed by atoms with E-state index in [4.69, 9.17) is 0 Å². The fraction of sp³-hybridized carbons (Fsp3) is 0.0667. The summed E-state index contributed by atoms with van der Waals surface area (Å²) in [6.07, 6.45) is 0. The van der Waals surface area contributed by atoms with E-state index < -0.39 is 0 Å². The highest BCUT2D eigenvalue weighted by atomic mass is 79.9. The monoisotopic (exact) mass is 298 g/mol. The zero-order valence-electron chi connectivity index (χ0n) is 9.89. The molecule has 0 atom stereocenters. The average Bonchev–Trinajstić information content (AvgIpc) is 2.40. The molecule has 0 saturated heterocycles. The van der Waals surface area contributed by atoms with Crippen molar-refractivity contribution in [1.82, 2.24) is 0 Å². The SMILES string of the molecule is CC#Cc1ccc(N=Nc2ccc(Br)cc2)cc1. The van der Waals surface area contributed by atoms with Crippen molar-refractivity contribution < 1.29 is 0 Å². The summed E-state index contributed by atoms with van der Waals surface area (Å²) >= 11 is 3.38. The van der Waals surface area contributed by atoms with E-state index in [2.05, 4.69) is 38.0 Å². The Labute approximate surface area is 115 Å². The Morgan fingerprint density at radius 1 is 0.833 bits per heavy atom. The molecule has 0 bridgehead atoms. The molecule has 0 heterocycles. The first-order chi connectivity index (χ1) is 8.78. The van der Waals surface area contributed by atoms with Gasteiger partial charge in [0.1, 0.15) is 0 Å². The zero-order chi connectivity index (χ0) is 12.8. The molecule has 0 radical (unpaired) electrons. The van der Waals surface area contributed by atoms with E-state index in [9.17, 15) is 0 Å². The molecular weight excluding hydrogens is 288 g/mol. The van der Waals surface area contributed by atoms with Gasteiger partial charge in [0.15, 0.2) is 0 Å². The van der Waals surface area contributed by atoms with Crippen LogP contribution in [-0.4, -0.2) is 0 Å². The molecule has 0 fully saturated rings. The predicted molar refractivity (Wildman–Crippen MR) is 77.3 cm³/mol. The minimum Gasteiger partial charge on any atom is -0.151 e. The first kappa shape index (κ1) is 12.5. The summed E-state index contributed by atoms with van der Waals surface area (Å²) in [5.74, 6) is 5.85. The summed E-state index contributed by atoms with van der Waals surface area (Å²) < 4.78 is 1.03. The van der Waals surface area contributed by atoms with Crippen molar-refractivity contribution in [2.24, 2.45) is 10.2 Å². The molecule has 0 aliphatic heterocycles. The molecule has 0 aliphatic carbocycles. The highest BCUT2D eigenvalue weighted by molar-refractivity contribution is 9.10. The number of hydrogen-bond acceptors (Lipinski definition) is 2. The van der Waals surface area contributed by atoms with Gasteiger partial charge in [-0.3, -0.25) is 0 Å². The number of benzene rings is 2. The smallest absolute Gasteiger partial charge is 0.0857 e. The van der Waals surface area contributed by atoms with Crippen LogP contribution in [0.2, 0.25) is 0 Å². The maximum absolute atomic E-state index is 4.17. The van der Waals surface area contributed by atoms with E-state index in [-0.39, 0.29) is 0 Å². The summed E-state index contributed by atoms with van der Waals surface area (Å²) in [5.41, 5.74) is 2.63. The molecule has 0 aliphatic rings. The van der Waals surface area contributed by atoms with Crippen molar-refractivity contribution in [2.45, 2.75) is 6.92 Å². The molecule has 0 unspecified atom stereocenters. The van der Waals surface area contributed by atoms with Crippen LogP contribution in [0, 0.1) is 11.8 Å². The number of rotatable bonds is 2. The quantitative estimate of drug-likeness (QED) is 0.535. The highest BCUT2D eigenvalue weighted by Crippen LogP contribution is 2.20. The van der Waals surface area contributed by atoms with Gasteiger partial charge in [-0.05, 0) is 55.5 Å². The maximum Gasteiger partial charge on any atom is 0.0857 e. The van der Waals surface area contributed by atoms with Crippen LogP contribution in [0.3, 0.4) is 0 Å². The van der Waals surface area contributed by atoms with Gasteiger partial charge in [0, 0.05) is 10.0 Å². The number of nitrogens with zero attached hydrogens (tertiary/aromatic N) is 2. The Morgan fingerprint density at radius 3 is 1.83 bits per heavy atom. The van der Waals surface area contributed by atoms with Crippen molar-refractivity contribution >= 4 is 27.3 Å². The highest BCUT2D eigenvalue weighted by Gasteiger charge is 1.92. The lowest BCUT2D eigenvalue weighted by Gasteiger charge is -1.94. The van der Waals surface area contributed by atoms with E-state index in [0.29, 0.717) is 0 Å². The zero-order valence-corrected chi connectivity index (χ0v) is 11.5. The third-order valence-electron chi connectivity index (χ3n) is 2.24. The van der Waals surface area contributed by atoms with Crippen molar-refractivity contribution in [1.29, 1.82) is 0 Å². The van der Waals surface area contributed by atoms with Gasteiger partial charge in [-0.1, -0.05) is 21.9 Å². The van der Waals surface area contributed by atoms with Gasteiger partial charge in [-0.15, -0.1) is 5.92 Å². The second kappa shape index (κ2) is 6.13. The van der Waals surface area contributed by atoms with E-state index in [0.717, 1.165) is 21.4 Å². The molecule has 0 spiro atoms. The molecule has 0 saturated carbocycles. The molecular formula is C15H11BrN2. The molecule has 2 nitrogen and oxygen atoms in total. The van der Waals surface area contributed by atoms with Crippen LogP contribution in [0.15, 0.2) is 63.2 Å². The maximum atomic E-state index is 4.17. The third kappa shape index (κ3) is 3.54. The Bertz CT molecular complexity index is 602. The van der Waals surface area contributed by atoms with E-state index in [1.54, 1.807) is 0 Å². The Kier molecular flexibility index (Phi) is 4.27. The topological polar surface area (TPSA) is 24.7 Å². The molecule has 2 aromatic carbocycles. The van der Waals surface area contributed by atoms with Crippen LogP contribution in [0.4, 0.5) is 11.4 Å². The van der Waals surface area contributed by atoms with E-state index in [1.807, 2.05) is 55.5 Å². The molecule has 2 aromatic rings. The molecule has 88 valence electrons. The van der Waals surface area contributed by atoms with Crippen LogP contribution < -0.4 is 0 Å². The summed E-state index contributed by atoms with van der Waals surface area (Å²) in [4.78, 5) is 0. The van der Waals surface area contributed by atoms with Crippen molar-refractivity contribution in [3.8, 4) is 11.8 Å². The second-order valence-electron chi connectivity index (χ2n) is 3.60. The largest absolute Gasteiger partial charge is 0.151 e. The first-order valence-electron chi connectivity index (χ1n) is 5.48. The van der Waals surface area contributed by atoms with Crippen molar-refractivity contribution in [3.63, 3.8) is 0 Å². The number of hydrogen-bond donors (Lipinski definition) is 0. The van der Waals surface area contributed by atoms with Crippen molar-refractivity contribution in [2.75, 3.05) is 0 Å². The summed E-state index contributed by atoms with van der Waals surface area (Å²) in [7, 11) is 0. The normalized spacial score (nSPS) is 10.1. The fourth-order valence-corrected chi connectivity index (χ4v) is 1.64. The van der Waals surface area contributed by atoms with Crippen LogP contribution in [0.5, 0.6) is 0 Å². The minimum absolute atomic E-state index is 0.819. The van der Waals surface area contributed by atoms with Gasteiger partial charge in [0.25, 0.3) is 0 Å². The second-order valence-corrected chi connectivity index (χ2v) is 4.51. The Hall–Kier alpha value is -1.92. The van der Waals surface area contributed by atoms with Gasteiger partial charge in [-0.25, -0.2) is 0 Å². The van der Waals surface area contributed by atoms with Gasteiger partial charge < -0.3 is 0 Å². The molecule has 0 amide bonds. The molecule has 0 aromatic heterocycles. The van der Waals surface area contributed by atoms with E-state index >= 15 is 0 Å². The molecule has 2 rings (SSSR count). The van der Waals surface area contributed by atoms with Crippen LogP contribution >= 0.6 is 15.9 Å². The minimum atomic E-state index is 0.819. The van der Waals surface area contributed by atoms with Gasteiger partial charge >= 0.3 is 0 Å². The lowest BCUT2D eigenvalue weighted by Crippen LogP contribution is -1.71. The standard InChI is InChI=1S/C15H11BrN2/c1-2-3-12-4-8-14(9-5-12)17-18-15-10-6-13(16)7-11-15/h4-11H,1H3. The Morgan fingerprint density at radius 2 is 1.33 bits per heavy atom. The van der Waals surface area contributed by atoms with Gasteiger partial charge in [0.2, 0.25) is 0 Å². The average molecular weight is 299 g/mol. The van der Waals surface area contributed by atoms with Crippen molar-refractivity contribution in [3.05, 3.63) is 58.6 Å². The van der Waals surface area contributed by atoms with Crippen LogP contribution in [0.1, 0.15) is 12.5 Å². The number of halogens is 1. The van der Waals surface area contributed by atoms with Gasteiger partial charge in [-0.2, -0.15) is 10.2 Å². The fourth-order valence-electron chi connectivity index (χ4n) is 1.38. The molecule has 18 heavy (non-hydrogen) atoms. The van der Waals surface area contributed by atoms with Crippen LogP contribution in [0.25, 0.3) is 0 Å². The summed E-state index contributed by atoms with van der Waals surface area (Å²) in [5, 5.41) is 8.33. The lowest BCUT2D eigenvalue weighted by molar-refractivity contribution is 1.23. The molecule has 0 N–H and O–H groups in total. The predicted octanol–water partition coefficient (Wildman–Crippen LogP) is 5.24. The van der Waals surface area contributed by atoms with E-state index in [1.165, 1.54) is 0 Å². The number of azo groups is 1.